The van der Waals surface area contributed by atoms with Gasteiger partial charge in [0.25, 0.3) is 0 Å². The van der Waals surface area contributed by atoms with Crippen LogP contribution in [0.5, 0.6) is 0 Å². The van der Waals surface area contributed by atoms with Crippen molar-refractivity contribution in [3.05, 3.63) is 65.0 Å². The van der Waals surface area contributed by atoms with Crippen molar-refractivity contribution in [2.75, 3.05) is 6.61 Å². The Morgan fingerprint density at radius 3 is 2.90 bits per heavy atom. The predicted octanol–water partition coefficient (Wildman–Crippen LogP) is 3.02. The summed E-state index contributed by atoms with van der Waals surface area (Å²) in [4.78, 5) is 16.4. The van der Waals surface area contributed by atoms with Crippen LogP contribution in [0.15, 0.2) is 42.6 Å². The number of hydrogen-bond acceptors (Lipinski definition) is 3. The fourth-order valence-corrected chi connectivity index (χ4v) is 2.83. The molecule has 1 unspecified atom stereocenters. The van der Waals surface area contributed by atoms with Gasteiger partial charge in [0.1, 0.15) is 0 Å². The number of carbonyl (C=O) groups excluding carboxylic acids is 1. The van der Waals surface area contributed by atoms with Gasteiger partial charge in [-0.2, -0.15) is 0 Å². The molecule has 1 aliphatic rings. The second-order valence-corrected chi connectivity index (χ2v) is 5.04. The van der Waals surface area contributed by atoms with Gasteiger partial charge in [-0.1, -0.05) is 30.3 Å². The number of benzene rings is 1. The van der Waals surface area contributed by atoms with Gasteiger partial charge in [0, 0.05) is 17.5 Å². The molecule has 21 heavy (non-hydrogen) atoms. The maximum Gasteiger partial charge on any atom is 0.407 e. The van der Waals surface area contributed by atoms with Gasteiger partial charge >= 0.3 is 6.09 Å². The number of fused-ring (bicyclic) bond motifs is 2. The van der Waals surface area contributed by atoms with E-state index in [9.17, 15) is 4.79 Å². The van der Waals surface area contributed by atoms with Crippen LogP contribution in [0.3, 0.4) is 0 Å². The van der Waals surface area contributed by atoms with Crippen molar-refractivity contribution in [1.29, 1.82) is 0 Å². The summed E-state index contributed by atoms with van der Waals surface area (Å²) in [5.41, 5.74) is 4.46. The van der Waals surface area contributed by atoms with Crippen molar-refractivity contribution in [2.45, 2.75) is 25.8 Å². The van der Waals surface area contributed by atoms with E-state index in [-0.39, 0.29) is 6.04 Å². The number of hydrogen-bond donors (Lipinski definition) is 1. The van der Waals surface area contributed by atoms with Crippen LogP contribution in [0.4, 0.5) is 4.79 Å². The Kier molecular flexibility index (Phi) is 3.86. The van der Waals surface area contributed by atoms with Crippen molar-refractivity contribution in [2.24, 2.45) is 0 Å². The van der Waals surface area contributed by atoms with Crippen LogP contribution in [0.25, 0.3) is 0 Å². The van der Waals surface area contributed by atoms with Crippen LogP contribution in [0, 0.1) is 0 Å². The Bertz CT molecular complexity index is 607. The van der Waals surface area contributed by atoms with Crippen LogP contribution in [0.2, 0.25) is 0 Å². The van der Waals surface area contributed by atoms with E-state index in [0.717, 1.165) is 29.7 Å². The Morgan fingerprint density at radius 2 is 2.05 bits per heavy atom. The number of aryl methyl sites for hydroxylation is 2. The van der Waals surface area contributed by atoms with E-state index >= 15 is 0 Å². The number of aromatic nitrogens is 1. The normalized spacial score (nSPS) is 16.3. The van der Waals surface area contributed by atoms with Gasteiger partial charge in [-0.25, -0.2) is 4.79 Å². The molecule has 0 saturated carbocycles. The van der Waals surface area contributed by atoms with E-state index in [1.165, 1.54) is 5.56 Å². The number of ether oxygens (including phenoxy) is 1. The van der Waals surface area contributed by atoms with Crippen LogP contribution in [-0.4, -0.2) is 17.7 Å². The second kappa shape index (κ2) is 5.95. The molecule has 1 atom stereocenters. The van der Waals surface area contributed by atoms with Crippen molar-refractivity contribution in [3.63, 3.8) is 0 Å². The summed E-state index contributed by atoms with van der Waals surface area (Å²) in [6.45, 7) is 2.16. The van der Waals surface area contributed by atoms with Crippen LogP contribution in [0.1, 0.15) is 35.3 Å². The van der Waals surface area contributed by atoms with E-state index in [2.05, 4.69) is 22.4 Å². The van der Waals surface area contributed by atoms with Crippen LogP contribution < -0.4 is 5.32 Å². The van der Waals surface area contributed by atoms with Crippen molar-refractivity contribution >= 4 is 6.09 Å². The van der Waals surface area contributed by atoms with E-state index in [1.54, 1.807) is 13.1 Å². The van der Waals surface area contributed by atoms with Crippen LogP contribution in [-0.2, 0) is 17.6 Å². The second-order valence-electron chi connectivity index (χ2n) is 5.04. The smallest absolute Gasteiger partial charge is 0.407 e. The lowest BCUT2D eigenvalue weighted by molar-refractivity contribution is 0.149. The summed E-state index contributed by atoms with van der Waals surface area (Å²) >= 11 is 0. The largest absolute Gasteiger partial charge is 0.450 e. The van der Waals surface area contributed by atoms with Gasteiger partial charge in [0.2, 0.25) is 0 Å². The first kappa shape index (κ1) is 13.6. The SMILES string of the molecule is CCOC(=O)NC1c2ccccc2CCc2ncccc21. The Hall–Kier alpha value is -2.36. The lowest BCUT2D eigenvalue weighted by Crippen LogP contribution is -2.30. The number of rotatable bonds is 2. The fraction of sp³-hybridized carbons (Fsp3) is 0.294. The van der Waals surface area contributed by atoms with E-state index in [1.807, 2.05) is 24.3 Å². The van der Waals surface area contributed by atoms with E-state index < -0.39 is 6.09 Å². The molecule has 1 N–H and O–H groups in total. The highest BCUT2D eigenvalue weighted by Gasteiger charge is 2.25. The summed E-state index contributed by atoms with van der Waals surface area (Å²) < 4.78 is 5.05. The maximum absolute atomic E-state index is 11.9. The van der Waals surface area contributed by atoms with Gasteiger partial charge in [0.15, 0.2) is 0 Å². The van der Waals surface area contributed by atoms with Gasteiger partial charge in [-0.15, -0.1) is 0 Å². The number of alkyl carbamates (subject to hydrolysis) is 1. The minimum absolute atomic E-state index is 0.202. The fourth-order valence-electron chi connectivity index (χ4n) is 2.83. The molecule has 0 radical (unpaired) electrons. The quantitative estimate of drug-likeness (QED) is 0.921. The van der Waals surface area contributed by atoms with Crippen molar-refractivity contribution in [3.8, 4) is 0 Å². The summed E-state index contributed by atoms with van der Waals surface area (Å²) in [5.74, 6) is 0. The molecule has 1 amide bonds. The molecule has 3 rings (SSSR count). The Balaban J connectivity index is 2.04. The number of carbonyl (C=O) groups is 1. The molecule has 0 spiro atoms. The molecule has 0 fully saturated rings. The monoisotopic (exact) mass is 282 g/mol. The third kappa shape index (κ3) is 2.75. The molecule has 0 bridgehead atoms. The first-order valence-corrected chi connectivity index (χ1v) is 7.24. The zero-order valence-corrected chi connectivity index (χ0v) is 12.0. The molecule has 4 nitrogen and oxygen atoms in total. The molecule has 1 aromatic heterocycles. The number of pyridine rings is 1. The highest BCUT2D eigenvalue weighted by atomic mass is 16.5. The van der Waals surface area contributed by atoms with Gasteiger partial charge in [-0.3, -0.25) is 4.98 Å². The van der Waals surface area contributed by atoms with Crippen molar-refractivity contribution in [1.82, 2.24) is 10.3 Å². The Labute approximate surface area is 124 Å². The topological polar surface area (TPSA) is 51.2 Å². The number of nitrogens with one attached hydrogen (secondary N) is 1. The Morgan fingerprint density at radius 1 is 1.24 bits per heavy atom. The molecule has 1 aliphatic carbocycles. The minimum atomic E-state index is -0.394. The molecular formula is C17H18N2O2. The van der Waals surface area contributed by atoms with Gasteiger partial charge < -0.3 is 10.1 Å². The molecule has 1 aromatic carbocycles. The summed E-state index contributed by atoms with van der Waals surface area (Å²) in [6.07, 6.45) is 3.22. The third-order valence-electron chi connectivity index (χ3n) is 3.77. The highest BCUT2D eigenvalue weighted by Crippen LogP contribution is 2.31. The standard InChI is InChI=1S/C17H18N2O2/c1-2-21-17(20)19-16-13-7-4-3-6-12(13)9-10-15-14(16)8-5-11-18-15/h3-8,11,16H,2,9-10H2,1H3,(H,19,20). The van der Waals surface area contributed by atoms with Gasteiger partial charge in [-0.05, 0) is 37.0 Å². The average Bonchev–Trinajstić information content (AvgIpc) is 2.66. The maximum atomic E-state index is 11.9. The predicted molar refractivity (Wildman–Crippen MR) is 80.1 cm³/mol. The molecular weight excluding hydrogens is 264 g/mol. The zero-order valence-electron chi connectivity index (χ0n) is 12.0. The molecule has 0 aliphatic heterocycles. The first-order valence-electron chi connectivity index (χ1n) is 7.24. The summed E-state index contributed by atoms with van der Waals surface area (Å²) in [5, 5.41) is 2.97. The zero-order chi connectivity index (χ0) is 14.7. The van der Waals surface area contributed by atoms with Gasteiger partial charge in [0.05, 0.1) is 12.6 Å². The summed E-state index contributed by atoms with van der Waals surface area (Å²) in [7, 11) is 0. The number of amides is 1. The summed E-state index contributed by atoms with van der Waals surface area (Å²) in [6, 6.07) is 11.9. The molecule has 1 heterocycles. The van der Waals surface area contributed by atoms with Crippen molar-refractivity contribution < 1.29 is 9.53 Å². The third-order valence-corrected chi connectivity index (χ3v) is 3.77. The molecule has 0 saturated heterocycles. The van der Waals surface area contributed by atoms with E-state index in [4.69, 9.17) is 4.74 Å². The lowest BCUT2D eigenvalue weighted by Gasteiger charge is -2.20. The minimum Gasteiger partial charge on any atom is -0.450 e. The van der Waals surface area contributed by atoms with Crippen LogP contribution >= 0.6 is 0 Å². The average molecular weight is 282 g/mol. The first-order chi connectivity index (χ1) is 10.3. The number of nitrogens with zero attached hydrogens (tertiary/aromatic N) is 1. The lowest BCUT2D eigenvalue weighted by atomic mass is 9.96. The molecule has 2 aromatic rings. The molecule has 4 heteroatoms. The van der Waals surface area contributed by atoms with E-state index in [0.29, 0.717) is 6.61 Å². The highest BCUT2D eigenvalue weighted by molar-refractivity contribution is 5.69. The molecule has 108 valence electrons.